The van der Waals surface area contributed by atoms with E-state index in [1.807, 2.05) is 0 Å². The third-order valence-electron chi connectivity index (χ3n) is 3.95. The van der Waals surface area contributed by atoms with Crippen LogP contribution < -0.4 is 10.6 Å². The summed E-state index contributed by atoms with van der Waals surface area (Å²) >= 11 is 0. The van der Waals surface area contributed by atoms with Crippen LogP contribution in [-0.2, 0) is 4.74 Å². The summed E-state index contributed by atoms with van der Waals surface area (Å²) in [5, 5.41) is 6.23. The van der Waals surface area contributed by atoms with E-state index in [-0.39, 0.29) is 6.09 Å². The molecule has 4 heteroatoms. The molecule has 1 amide bonds. The Morgan fingerprint density at radius 2 is 2.05 bits per heavy atom. The van der Waals surface area contributed by atoms with Gasteiger partial charge in [-0.2, -0.15) is 0 Å². The summed E-state index contributed by atoms with van der Waals surface area (Å²) in [5.41, 5.74) is 0. The summed E-state index contributed by atoms with van der Waals surface area (Å²) in [7, 11) is 0. The Morgan fingerprint density at radius 1 is 1.20 bits per heavy atom. The molecule has 1 aliphatic heterocycles. The Hall–Kier alpha value is -0.770. The van der Waals surface area contributed by atoms with Gasteiger partial charge in [0.05, 0.1) is 6.61 Å². The van der Waals surface area contributed by atoms with Crippen molar-refractivity contribution in [2.45, 2.75) is 64.7 Å². The van der Waals surface area contributed by atoms with Gasteiger partial charge in [0, 0.05) is 6.54 Å². The number of rotatable bonds is 11. The van der Waals surface area contributed by atoms with Crippen molar-refractivity contribution in [2.75, 3.05) is 26.2 Å². The predicted molar refractivity (Wildman–Crippen MR) is 82.9 cm³/mol. The molecule has 1 atom stereocenters. The lowest BCUT2D eigenvalue weighted by molar-refractivity contribution is 0.143. The minimum atomic E-state index is -0.249. The van der Waals surface area contributed by atoms with Gasteiger partial charge in [0.15, 0.2) is 0 Å². The monoisotopic (exact) mass is 284 g/mol. The van der Waals surface area contributed by atoms with E-state index in [1.165, 1.54) is 51.6 Å². The lowest BCUT2D eigenvalue weighted by Crippen LogP contribution is -2.25. The summed E-state index contributed by atoms with van der Waals surface area (Å²) in [5.74, 6) is 0.885. The van der Waals surface area contributed by atoms with Crippen molar-refractivity contribution in [1.29, 1.82) is 0 Å². The topological polar surface area (TPSA) is 50.4 Å². The van der Waals surface area contributed by atoms with Crippen LogP contribution in [0.4, 0.5) is 4.79 Å². The van der Waals surface area contributed by atoms with E-state index in [0.717, 1.165) is 31.7 Å². The molecule has 2 N–H and O–H groups in total. The van der Waals surface area contributed by atoms with Crippen LogP contribution in [0.3, 0.4) is 0 Å². The molecule has 1 heterocycles. The van der Waals surface area contributed by atoms with Gasteiger partial charge in [0.2, 0.25) is 0 Å². The van der Waals surface area contributed by atoms with Gasteiger partial charge in [-0.3, -0.25) is 0 Å². The standard InChI is InChI=1S/C16H32N2O2/c1-2-3-4-8-13-20-16(19)18-11-7-5-6-9-15-10-12-17-14-15/h15,17H,2-14H2,1H3,(H,18,19). The largest absolute Gasteiger partial charge is 0.450 e. The summed E-state index contributed by atoms with van der Waals surface area (Å²) in [6.45, 7) is 5.87. The molecule has 1 unspecified atom stereocenters. The summed E-state index contributed by atoms with van der Waals surface area (Å²) < 4.78 is 5.12. The molecule has 0 aromatic heterocycles. The minimum Gasteiger partial charge on any atom is -0.450 e. The van der Waals surface area contributed by atoms with Crippen molar-refractivity contribution in [3.05, 3.63) is 0 Å². The molecule has 1 rings (SSSR count). The Morgan fingerprint density at radius 3 is 2.80 bits per heavy atom. The first-order valence-corrected chi connectivity index (χ1v) is 8.44. The Balaban J connectivity index is 1.79. The molecule has 0 aromatic rings. The molecule has 0 aromatic carbocycles. The van der Waals surface area contributed by atoms with Crippen molar-refractivity contribution < 1.29 is 9.53 Å². The quantitative estimate of drug-likeness (QED) is 0.571. The zero-order valence-electron chi connectivity index (χ0n) is 13.1. The number of hydrogen-bond donors (Lipinski definition) is 2. The zero-order chi connectivity index (χ0) is 14.5. The van der Waals surface area contributed by atoms with Crippen LogP contribution in [0.1, 0.15) is 64.7 Å². The normalized spacial score (nSPS) is 18.1. The highest BCUT2D eigenvalue weighted by atomic mass is 16.5. The summed E-state index contributed by atoms with van der Waals surface area (Å²) in [6, 6.07) is 0. The van der Waals surface area contributed by atoms with Crippen molar-refractivity contribution in [2.24, 2.45) is 5.92 Å². The molecule has 0 aliphatic carbocycles. The van der Waals surface area contributed by atoms with Gasteiger partial charge in [-0.15, -0.1) is 0 Å². The fourth-order valence-electron chi connectivity index (χ4n) is 2.63. The third kappa shape index (κ3) is 9.18. The van der Waals surface area contributed by atoms with Crippen LogP contribution >= 0.6 is 0 Å². The Kier molecular flexibility index (Phi) is 10.4. The van der Waals surface area contributed by atoms with E-state index in [1.54, 1.807) is 0 Å². The first-order valence-electron chi connectivity index (χ1n) is 8.44. The van der Waals surface area contributed by atoms with Gasteiger partial charge in [0.25, 0.3) is 0 Å². The SMILES string of the molecule is CCCCCCOC(=O)NCCCCCC1CCNC1. The predicted octanol–water partition coefficient (Wildman–Crippen LogP) is 3.46. The maximum Gasteiger partial charge on any atom is 0.407 e. The molecule has 0 saturated carbocycles. The van der Waals surface area contributed by atoms with E-state index in [9.17, 15) is 4.79 Å². The lowest BCUT2D eigenvalue weighted by atomic mass is 10.0. The highest BCUT2D eigenvalue weighted by Gasteiger charge is 2.13. The number of unbranched alkanes of at least 4 members (excludes halogenated alkanes) is 5. The molecule has 20 heavy (non-hydrogen) atoms. The maximum atomic E-state index is 11.4. The highest BCUT2D eigenvalue weighted by Crippen LogP contribution is 2.15. The summed E-state index contributed by atoms with van der Waals surface area (Å²) in [4.78, 5) is 11.4. The average molecular weight is 284 g/mol. The van der Waals surface area contributed by atoms with Crippen LogP contribution in [0.5, 0.6) is 0 Å². The number of nitrogens with one attached hydrogen (secondary N) is 2. The number of alkyl carbamates (subject to hydrolysis) is 1. The molecule has 1 aliphatic rings. The van der Waals surface area contributed by atoms with Crippen LogP contribution in [0, 0.1) is 5.92 Å². The van der Waals surface area contributed by atoms with Gasteiger partial charge in [0.1, 0.15) is 0 Å². The van der Waals surface area contributed by atoms with E-state index >= 15 is 0 Å². The second-order valence-electron chi connectivity index (χ2n) is 5.83. The molecule has 0 radical (unpaired) electrons. The molecular weight excluding hydrogens is 252 g/mol. The van der Waals surface area contributed by atoms with Gasteiger partial charge >= 0.3 is 6.09 Å². The van der Waals surface area contributed by atoms with Gasteiger partial charge in [-0.1, -0.05) is 39.0 Å². The van der Waals surface area contributed by atoms with Crippen LogP contribution in [0.25, 0.3) is 0 Å². The lowest BCUT2D eigenvalue weighted by Gasteiger charge is -2.08. The molecule has 118 valence electrons. The second kappa shape index (κ2) is 12.0. The Bertz CT molecular complexity index is 241. The van der Waals surface area contributed by atoms with Crippen molar-refractivity contribution in [1.82, 2.24) is 10.6 Å². The van der Waals surface area contributed by atoms with Crippen LogP contribution in [-0.4, -0.2) is 32.3 Å². The van der Waals surface area contributed by atoms with E-state index in [2.05, 4.69) is 17.6 Å². The van der Waals surface area contributed by atoms with Gasteiger partial charge < -0.3 is 15.4 Å². The molecule has 0 spiro atoms. The molecule has 4 nitrogen and oxygen atoms in total. The zero-order valence-corrected chi connectivity index (χ0v) is 13.1. The number of amides is 1. The van der Waals surface area contributed by atoms with Gasteiger partial charge in [-0.05, 0) is 44.7 Å². The fraction of sp³-hybridized carbons (Fsp3) is 0.938. The minimum absolute atomic E-state index is 0.249. The van der Waals surface area contributed by atoms with Gasteiger partial charge in [-0.25, -0.2) is 4.79 Å². The first-order chi connectivity index (χ1) is 9.83. The number of ether oxygens (including phenoxy) is 1. The summed E-state index contributed by atoms with van der Waals surface area (Å²) in [6.07, 6.45) is 10.5. The molecule has 1 saturated heterocycles. The fourth-order valence-corrected chi connectivity index (χ4v) is 2.63. The van der Waals surface area contributed by atoms with Crippen LogP contribution in [0.15, 0.2) is 0 Å². The number of carbonyl (C=O) groups excluding carboxylic acids is 1. The highest BCUT2D eigenvalue weighted by molar-refractivity contribution is 5.66. The Labute approximate surface area is 124 Å². The van der Waals surface area contributed by atoms with Crippen molar-refractivity contribution in [3.8, 4) is 0 Å². The molecule has 0 bridgehead atoms. The molecule has 1 fully saturated rings. The molecular formula is C16H32N2O2. The van der Waals surface area contributed by atoms with E-state index in [0.29, 0.717) is 6.61 Å². The van der Waals surface area contributed by atoms with E-state index in [4.69, 9.17) is 4.74 Å². The number of hydrogen-bond acceptors (Lipinski definition) is 3. The van der Waals surface area contributed by atoms with Crippen molar-refractivity contribution >= 4 is 6.09 Å². The number of carbonyl (C=O) groups is 1. The smallest absolute Gasteiger partial charge is 0.407 e. The first kappa shape index (κ1) is 17.3. The third-order valence-corrected chi connectivity index (χ3v) is 3.95. The second-order valence-corrected chi connectivity index (χ2v) is 5.83. The van der Waals surface area contributed by atoms with Crippen molar-refractivity contribution in [3.63, 3.8) is 0 Å². The average Bonchev–Trinajstić information content (AvgIpc) is 2.95. The van der Waals surface area contributed by atoms with E-state index < -0.39 is 0 Å². The van der Waals surface area contributed by atoms with Crippen LogP contribution in [0.2, 0.25) is 0 Å². The maximum absolute atomic E-state index is 11.4.